The van der Waals surface area contributed by atoms with Gasteiger partial charge in [-0.1, -0.05) is 62.7 Å². The molecule has 0 aliphatic rings. The summed E-state index contributed by atoms with van der Waals surface area (Å²) in [6, 6.07) is 14.2. The Balaban J connectivity index is 2.45. The van der Waals surface area contributed by atoms with Crippen LogP contribution in [0.15, 0.2) is 53.4 Å². The van der Waals surface area contributed by atoms with Crippen LogP contribution in [-0.2, 0) is 16.6 Å². The predicted molar refractivity (Wildman–Crippen MR) is 118 cm³/mol. The van der Waals surface area contributed by atoms with Gasteiger partial charge in [-0.2, -0.15) is 4.31 Å². The zero-order valence-corrected chi connectivity index (χ0v) is 19.0. The summed E-state index contributed by atoms with van der Waals surface area (Å²) in [5, 5.41) is 0.117. The van der Waals surface area contributed by atoms with E-state index >= 15 is 0 Å². The Morgan fingerprint density at radius 1 is 1.03 bits per heavy atom. The van der Waals surface area contributed by atoms with Crippen molar-refractivity contribution in [3.05, 3.63) is 64.7 Å². The Bertz CT molecular complexity index is 928. The predicted octanol–water partition coefficient (Wildman–Crippen LogP) is 4.81. The van der Waals surface area contributed by atoms with Crippen LogP contribution in [0.3, 0.4) is 0 Å². The van der Waals surface area contributed by atoms with Gasteiger partial charge in [0.2, 0.25) is 10.0 Å². The molecule has 0 saturated heterocycles. The van der Waals surface area contributed by atoms with E-state index in [1.165, 1.54) is 16.4 Å². The first-order valence-electron chi connectivity index (χ1n) is 9.90. The molecule has 1 amide bonds. The summed E-state index contributed by atoms with van der Waals surface area (Å²) in [5.41, 5.74) is 1.34. The number of rotatable bonds is 9. The fourth-order valence-electron chi connectivity index (χ4n) is 3.13. The van der Waals surface area contributed by atoms with E-state index in [1.54, 1.807) is 24.8 Å². The lowest BCUT2D eigenvalue weighted by molar-refractivity contribution is 0.0671. The van der Waals surface area contributed by atoms with Crippen LogP contribution in [0.4, 0.5) is 0 Å². The van der Waals surface area contributed by atoms with E-state index in [9.17, 15) is 13.2 Å². The van der Waals surface area contributed by atoms with E-state index in [0.29, 0.717) is 25.2 Å². The zero-order valence-electron chi connectivity index (χ0n) is 17.4. The molecule has 2 aromatic carbocycles. The maximum Gasteiger partial charge on any atom is 0.254 e. The maximum atomic E-state index is 13.3. The molecule has 0 spiro atoms. The van der Waals surface area contributed by atoms with E-state index in [0.717, 1.165) is 12.0 Å². The van der Waals surface area contributed by atoms with Crippen LogP contribution in [0.25, 0.3) is 0 Å². The highest BCUT2D eigenvalue weighted by molar-refractivity contribution is 7.89. The van der Waals surface area contributed by atoms with E-state index < -0.39 is 10.0 Å². The molecule has 29 heavy (non-hydrogen) atoms. The lowest BCUT2D eigenvalue weighted by Gasteiger charge is -2.29. The van der Waals surface area contributed by atoms with Crippen molar-refractivity contribution >= 4 is 27.5 Å². The van der Waals surface area contributed by atoms with Gasteiger partial charge >= 0.3 is 0 Å². The third-order valence-corrected chi connectivity index (χ3v) is 7.61. The summed E-state index contributed by atoms with van der Waals surface area (Å²) < 4.78 is 27.2. The van der Waals surface area contributed by atoms with Gasteiger partial charge in [-0.25, -0.2) is 8.42 Å². The molecule has 0 N–H and O–H groups in total. The van der Waals surface area contributed by atoms with Crippen LogP contribution in [0, 0.1) is 0 Å². The molecule has 0 unspecified atom stereocenters. The number of sulfonamides is 1. The van der Waals surface area contributed by atoms with Crippen LogP contribution < -0.4 is 0 Å². The average Bonchev–Trinajstić information content (AvgIpc) is 2.72. The quantitative estimate of drug-likeness (QED) is 0.566. The number of benzene rings is 2. The van der Waals surface area contributed by atoms with Gasteiger partial charge in [-0.3, -0.25) is 4.79 Å². The summed E-state index contributed by atoms with van der Waals surface area (Å²) in [7, 11) is -3.77. The van der Waals surface area contributed by atoms with Gasteiger partial charge in [0.15, 0.2) is 0 Å². The summed E-state index contributed by atoms with van der Waals surface area (Å²) in [4.78, 5) is 15.1. The molecule has 7 heteroatoms. The van der Waals surface area contributed by atoms with Crippen molar-refractivity contribution in [1.82, 2.24) is 9.21 Å². The molecule has 1 atom stereocenters. The van der Waals surface area contributed by atoms with E-state index in [-0.39, 0.29) is 21.9 Å². The van der Waals surface area contributed by atoms with Crippen molar-refractivity contribution in [2.45, 2.75) is 51.6 Å². The van der Waals surface area contributed by atoms with Crippen LogP contribution in [0.5, 0.6) is 0 Å². The van der Waals surface area contributed by atoms with Gasteiger partial charge in [-0.05, 0) is 37.1 Å². The number of carbonyl (C=O) groups excluding carboxylic acids is 1. The van der Waals surface area contributed by atoms with E-state index in [2.05, 4.69) is 0 Å². The van der Waals surface area contributed by atoms with Gasteiger partial charge < -0.3 is 4.90 Å². The maximum absolute atomic E-state index is 13.3. The van der Waals surface area contributed by atoms with Gasteiger partial charge in [0.05, 0.1) is 5.02 Å². The molecule has 5 nitrogen and oxygen atoms in total. The molecule has 0 bridgehead atoms. The first-order valence-corrected chi connectivity index (χ1v) is 11.7. The normalized spacial score (nSPS) is 12.8. The standard InChI is InChI=1S/C22H29ClN2O3S/c1-5-17(4)25(16-18-11-9-8-10-12-18)22(26)19-13-14-20(23)21(15-19)29(27,28)24(6-2)7-3/h8-15,17H,5-7,16H2,1-4H3/t17-/m1/s1. The smallest absolute Gasteiger partial charge is 0.254 e. The molecule has 0 aliphatic heterocycles. The molecule has 0 fully saturated rings. The highest BCUT2D eigenvalue weighted by atomic mass is 35.5. The fourth-order valence-corrected chi connectivity index (χ4v) is 5.09. The molecule has 0 heterocycles. The Hall–Kier alpha value is -1.89. The van der Waals surface area contributed by atoms with Crippen LogP contribution in [-0.4, -0.2) is 42.7 Å². The molecular formula is C22H29ClN2O3S. The van der Waals surface area contributed by atoms with Crippen molar-refractivity contribution in [3.63, 3.8) is 0 Å². The molecule has 158 valence electrons. The number of hydrogen-bond donors (Lipinski definition) is 0. The van der Waals surface area contributed by atoms with E-state index in [1.807, 2.05) is 44.2 Å². The SMILES string of the molecule is CC[C@@H](C)N(Cc1ccccc1)C(=O)c1ccc(Cl)c(S(=O)(=O)N(CC)CC)c1. The Labute approximate surface area is 179 Å². The number of hydrogen-bond acceptors (Lipinski definition) is 3. The van der Waals surface area contributed by atoms with E-state index in [4.69, 9.17) is 11.6 Å². The molecule has 0 saturated carbocycles. The van der Waals surface area contributed by atoms with Crippen LogP contribution in [0.2, 0.25) is 5.02 Å². The Kier molecular flexibility index (Phi) is 8.25. The number of carbonyl (C=O) groups is 1. The van der Waals surface area contributed by atoms with Crippen LogP contribution >= 0.6 is 11.6 Å². The number of amides is 1. The highest BCUT2D eigenvalue weighted by Gasteiger charge is 2.27. The Morgan fingerprint density at radius 2 is 1.66 bits per heavy atom. The van der Waals surface area contributed by atoms with Gasteiger partial charge in [0.25, 0.3) is 5.91 Å². The molecule has 2 rings (SSSR count). The lowest BCUT2D eigenvalue weighted by Crippen LogP contribution is -2.38. The van der Waals surface area contributed by atoms with Gasteiger partial charge in [0.1, 0.15) is 4.90 Å². The molecule has 2 aromatic rings. The van der Waals surface area contributed by atoms with Gasteiger partial charge in [0, 0.05) is 31.2 Å². The molecule has 0 aliphatic carbocycles. The molecule has 0 radical (unpaired) electrons. The minimum atomic E-state index is -3.77. The van der Waals surface area contributed by atoms with Crippen molar-refractivity contribution in [2.24, 2.45) is 0 Å². The average molecular weight is 437 g/mol. The fraction of sp³-hybridized carbons (Fsp3) is 0.409. The van der Waals surface area contributed by atoms with Gasteiger partial charge in [-0.15, -0.1) is 0 Å². The minimum Gasteiger partial charge on any atom is -0.332 e. The minimum absolute atomic E-state index is 0.00113. The third kappa shape index (κ3) is 5.38. The second-order valence-corrected chi connectivity index (χ2v) is 9.22. The summed E-state index contributed by atoms with van der Waals surface area (Å²) >= 11 is 6.21. The number of nitrogens with zero attached hydrogens (tertiary/aromatic N) is 2. The monoisotopic (exact) mass is 436 g/mol. The molecule has 0 aromatic heterocycles. The van der Waals surface area contributed by atoms with Crippen LogP contribution in [0.1, 0.15) is 50.0 Å². The summed E-state index contributed by atoms with van der Waals surface area (Å²) in [6.45, 7) is 8.68. The third-order valence-electron chi connectivity index (χ3n) is 5.08. The lowest BCUT2D eigenvalue weighted by atomic mass is 10.1. The topological polar surface area (TPSA) is 57.7 Å². The summed E-state index contributed by atoms with van der Waals surface area (Å²) in [6.07, 6.45) is 0.788. The van der Waals surface area contributed by atoms with Crippen molar-refractivity contribution in [3.8, 4) is 0 Å². The highest BCUT2D eigenvalue weighted by Crippen LogP contribution is 2.27. The zero-order chi connectivity index (χ0) is 21.6. The largest absolute Gasteiger partial charge is 0.332 e. The van der Waals surface area contributed by atoms with Crippen molar-refractivity contribution in [2.75, 3.05) is 13.1 Å². The second kappa shape index (κ2) is 10.2. The summed E-state index contributed by atoms with van der Waals surface area (Å²) in [5.74, 6) is -0.212. The Morgan fingerprint density at radius 3 is 2.21 bits per heavy atom. The first-order chi connectivity index (χ1) is 13.8. The number of halogens is 1. The van der Waals surface area contributed by atoms with Crippen molar-refractivity contribution in [1.29, 1.82) is 0 Å². The molecular weight excluding hydrogens is 408 g/mol. The second-order valence-electron chi connectivity index (χ2n) is 6.91. The first kappa shape index (κ1) is 23.4. The van der Waals surface area contributed by atoms with Crippen molar-refractivity contribution < 1.29 is 13.2 Å².